The van der Waals surface area contributed by atoms with E-state index in [0.717, 1.165) is 5.56 Å². The summed E-state index contributed by atoms with van der Waals surface area (Å²) >= 11 is 0. The molecule has 0 saturated heterocycles. The molecule has 4 nitrogen and oxygen atoms in total. The Labute approximate surface area is 89.9 Å². The van der Waals surface area contributed by atoms with Crippen LogP contribution in [0.2, 0.25) is 0 Å². The second kappa shape index (κ2) is 5.68. The van der Waals surface area contributed by atoms with Crippen LogP contribution in [0.5, 0.6) is 5.75 Å². The van der Waals surface area contributed by atoms with E-state index in [9.17, 15) is 0 Å². The van der Waals surface area contributed by atoms with E-state index in [1.54, 1.807) is 12.3 Å². The zero-order chi connectivity index (χ0) is 11.3. The van der Waals surface area contributed by atoms with Gasteiger partial charge in [-0.05, 0) is 26.8 Å². The highest BCUT2D eigenvalue weighted by Gasteiger charge is 2.08. The van der Waals surface area contributed by atoms with Crippen LogP contribution in [0.3, 0.4) is 0 Å². The first-order valence-electron chi connectivity index (χ1n) is 5.02. The summed E-state index contributed by atoms with van der Waals surface area (Å²) in [5.41, 5.74) is 1.49. The molecule has 1 atom stereocenters. The predicted octanol–water partition coefficient (Wildman–Crippen LogP) is 1.64. The fraction of sp³-hybridized carbons (Fsp3) is 0.545. The Morgan fingerprint density at radius 1 is 1.53 bits per heavy atom. The van der Waals surface area contributed by atoms with Crippen molar-refractivity contribution in [3.05, 3.63) is 23.5 Å². The summed E-state index contributed by atoms with van der Waals surface area (Å²) in [7, 11) is 0. The minimum Gasteiger partial charge on any atom is -0.465 e. The summed E-state index contributed by atoms with van der Waals surface area (Å²) in [5, 5.41) is 9.03. The standard InChI is InChI=1S/C11H17NO3/c1-4-14-9(3)15-11-5-6-12-10(7-13)8(11)2/h5-6,9,13H,4,7H2,1-3H3. The first-order chi connectivity index (χ1) is 7.19. The van der Waals surface area contributed by atoms with E-state index in [4.69, 9.17) is 14.6 Å². The highest BCUT2D eigenvalue weighted by Crippen LogP contribution is 2.20. The predicted molar refractivity (Wildman–Crippen MR) is 56.6 cm³/mol. The van der Waals surface area contributed by atoms with Gasteiger partial charge in [0.1, 0.15) is 5.75 Å². The van der Waals surface area contributed by atoms with Gasteiger partial charge in [0.05, 0.1) is 12.3 Å². The highest BCUT2D eigenvalue weighted by molar-refractivity contribution is 5.34. The molecule has 1 aromatic heterocycles. The van der Waals surface area contributed by atoms with E-state index >= 15 is 0 Å². The maximum absolute atomic E-state index is 9.03. The van der Waals surface area contributed by atoms with Crippen LogP contribution in [0.1, 0.15) is 25.1 Å². The van der Waals surface area contributed by atoms with Gasteiger partial charge in [-0.3, -0.25) is 4.98 Å². The van der Waals surface area contributed by atoms with Gasteiger partial charge in [0, 0.05) is 18.4 Å². The Morgan fingerprint density at radius 2 is 2.27 bits per heavy atom. The fourth-order valence-corrected chi connectivity index (χ4v) is 1.29. The summed E-state index contributed by atoms with van der Waals surface area (Å²) in [6, 6.07) is 1.77. The molecule has 0 aliphatic carbocycles. The Bertz CT molecular complexity index is 315. The normalized spacial score (nSPS) is 12.5. The number of rotatable bonds is 5. The highest BCUT2D eigenvalue weighted by atomic mass is 16.7. The van der Waals surface area contributed by atoms with Crippen LogP contribution in [0.4, 0.5) is 0 Å². The summed E-state index contributed by atoms with van der Waals surface area (Å²) in [6.45, 7) is 6.15. The van der Waals surface area contributed by atoms with Gasteiger partial charge in [0.25, 0.3) is 0 Å². The van der Waals surface area contributed by atoms with Gasteiger partial charge in [-0.1, -0.05) is 0 Å². The Kier molecular flexibility index (Phi) is 4.52. The summed E-state index contributed by atoms with van der Waals surface area (Å²) < 4.78 is 10.8. The van der Waals surface area contributed by atoms with Crippen LogP contribution in [0.25, 0.3) is 0 Å². The lowest BCUT2D eigenvalue weighted by atomic mass is 10.2. The van der Waals surface area contributed by atoms with E-state index in [1.165, 1.54) is 0 Å². The van der Waals surface area contributed by atoms with Gasteiger partial charge in [-0.25, -0.2) is 0 Å². The third-order valence-electron chi connectivity index (χ3n) is 2.10. The molecule has 1 aromatic rings. The van der Waals surface area contributed by atoms with Crippen LogP contribution < -0.4 is 4.74 Å². The number of pyridine rings is 1. The average Bonchev–Trinajstić information content (AvgIpc) is 2.21. The summed E-state index contributed by atoms with van der Waals surface area (Å²) in [6.07, 6.45) is 1.33. The number of aromatic nitrogens is 1. The van der Waals surface area contributed by atoms with Crippen molar-refractivity contribution >= 4 is 0 Å². The van der Waals surface area contributed by atoms with E-state index in [1.807, 2.05) is 20.8 Å². The molecule has 0 fully saturated rings. The first-order valence-corrected chi connectivity index (χ1v) is 5.02. The molecule has 1 heterocycles. The molecule has 0 amide bonds. The van der Waals surface area contributed by atoms with Gasteiger partial charge < -0.3 is 14.6 Å². The molecule has 0 spiro atoms. The Balaban J connectivity index is 2.76. The first kappa shape index (κ1) is 11.9. The lowest BCUT2D eigenvalue weighted by molar-refractivity contribution is -0.0617. The van der Waals surface area contributed by atoms with Gasteiger partial charge >= 0.3 is 0 Å². The Morgan fingerprint density at radius 3 is 2.87 bits per heavy atom. The summed E-state index contributed by atoms with van der Waals surface area (Å²) in [5.74, 6) is 0.704. The number of hydrogen-bond donors (Lipinski definition) is 1. The maximum atomic E-state index is 9.03. The van der Waals surface area contributed by atoms with Crippen molar-refractivity contribution in [2.45, 2.75) is 33.7 Å². The van der Waals surface area contributed by atoms with Crippen LogP contribution in [0, 0.1) is 6.92 Å². The second-order valence-electron chi connectivity index (χ2n) is 3.18. The number of aliphatic hydroxyl groups excluding tert-OH is 1. The van der Waals surface area contributed by atoms with E-state index in [-0.39, 0.29) is 12.9 Å². The van der Waals surface area contributed by atoms with E-state index < -0.39 is 0 Å². The molecule has 1 N–H and O–H groups in total. The fourth-order valence-electron chi connectivity index (χ4n) is 1.29. The maximum Gasteiger partial charge on any atom is 0.196 e. The quantitative estimate of drug-likeness (QED) is 0.752. The van der Waals surface area contributed by atoms with Crippen LogP contribution in [0.15, 0.2) is 12.3 Å². The van der Waals surface area contributed by atoms with Crippen LogP contribution >= 0.6 is 0 Å². The zero-order valence-corrected chi connectivity index (χ0v) is 9.36. The van der Waals surface area contributed by atoms with Gasteiger partial charge in [0.2, 0.25) is 0 Å². The monoisotopic (exact) mass is 211 g/mol. The van der Waals surface area contributed by atoms with E-state index in [2.05, 4.69) is 4.98 Å². The third-order valence-corrected chi connectivity index (χ3v) is 2.10. The van der Waals surface area contributed by atoms with Crippen molar-refractivity contribution in [2.75, 3.05) is 6.61 Å². The molecule has 15 heavy (non-hydrogen) atoms. The lowest BCUT2D eigenvalue weighted by Gasteiger charge is -2.16. The second-order valence-corrected chi connectivity index (χ2v) is 3.18. The molecule has 0 bridgehead atoms. The van der Waals surface area contributed by atoms with E-state index in [0.29, 0.717) is 18.1 Å². The number of aliphatic hydroxyl groups is 1. The summed E-state index contributed by atoms with van der Waals surface area (Å²) in [4.78, 5) is 4.04. The van der Waals surface area contributed by atoms with Crippen molar-refractivity contribution in [3.63, 3.8) is 0 Å². The lowest BCUT2D eigenvalue weighted by Crippen LogP contribution is -2.17. The van der Waals surface area contributed by atoms with Crippen molar-refractivity contribution < 1.29 is 14.6 Å². The number of hydrogen-bond acceptors (Lipinski definition) is 4. The van der Waals surface area contributed by atoms with Crippen molar-refractivity contribution in [3.8, 4) is 5.75 Å². The van der Waals surface area contributed by atoms with Crippen molar-refractivity contribution in [2.24, 2.45) is 0 Å². The molecular formula is C11H17NO3. The molecule has 0 radical (unpaired) electrons. The smallest absolute Gasteiger partial charge is 0.196 e. The van der Waals surface area contributed by atoms with Crippen LogP contribution in [-0.2, 0) is 11.3 Å². The molecule has 84 valence electrons. The van der Waals surface area contributed by atoms with Crippen LogP contribution in [-0.4, -0.2) is 23.0 Å². The van der Waals surface area contributed by atoms with Gasteiger partial charge in [0.15, 0.2) is 6.29 Å². The molecule has 0 aliphatic heterocycles. The topological polar surface area (TPSA) is 51.6 Å². The number of ether oxygens (including phenoxy) is 2. The zero-order valence-electron chi connectivity index (χ0n) is 9.36. The molecule has 0 saturated carbocycles. The molecule has 0 aromatic carbocycles. The minimum atomic E-state index is -0.289. The largest absolute Gasteiger partial charge is 0.465 e. The molecule has 1 unspecified atom stereocenters. The molecular weight excluding hydrogens is 194 g/mol. The van der Waals surface area contributed by atoms with Crippen molar-refractivity contribution in [1.82, 2.24) is 4.98 Å². The van der Waals surface area contributed by atoms with Crippen molar-refractivity contribution in [1.29, 1.82) is 0 Å². The SMILES string of the molecule is CCOC(C)Oc1ccnc(CO)c1C. The third kappa shape index (κ3) is 3.18. The minimum absolute atomic E-state index is 0.0773. The number of nitrogens with zero attached hydrogens (tertiary/aromatic N) is 1. The molecule has 4 heteroatoms. The van der Waals surface area contributed by atoms with Gasteiger partial charge in [-0.15, -0.1) is 0 Å². The molecule has 0 aliphatic rings. The van der Waals surface area contributed by atoms with Gasteiger partial charge in [-0.2, -0.15) is 0 Å². The average molecular weight is 211 g/mol. The molecule has 1 rings (SSSR count). The Hall–Kier alpha value is -1.13.